The maximum absolute atomic E-state index is 13.0. The summed E-state index contributed by atoms with van der Waals surface area (Å²) in [6, 6.07) is 19.4. The van der Waals surface area contributed by atoms with Crippen molar-refractivity contribution in [1.82, 2.24) is 4.90 Å². The number of benzene rings is 3. The smallest absolute Gasteiger partial charge is 0.255 e. The Labute approximate surface area is 213 Å². The van der Waals surface area contributed by atoms with Gasteiger partial charge in [-0.1, -0.05) is 18.2 Å². The second-order valence-electron chi connectivity index (χ2n) is 9.74. The maximum atomic E-state index is 13.0. The fourth-order valence-corrected chi connectivity index (χ4v) is 5.14. The number of nitrogens with one attached hydrogen (secondary N) is 3. The Balaban J connectivity index is 1.23. The second kappa shape index (κ2) is 11.0. The first kappa shape index (κ1) is 24.1. The van der Waals surface area contributed by atoms with Gasteiger partial charge in [-0.15, -0.1) is 0 Å². The van der Waals surface area contributed by atoms with Gasteiger partial charge in [-0.3, -0.25) is 9.59 Å². The third-order valence-corrected chi connectivity index (χ3v) is 7.18. The van der Waals surface area contributed by atoms with Crippen molar-refractivity contribution in [3.8, 4) is 0 Å². The van der Waals surface area contributed by atoms with Gasteiger partial charge in [0.25, 0.3) is 5.91 Å². The molecule has 0 saturated carbocycles. The molecule has 3 aromatic rings. The molecular weight excluding hydrogens is 448 g/mol. The lowest BCUT2D eigenvalue weighted by Gasteiger charge is -2.16. The van der Waals surface area contributed by atoms with Crippen molar-refractivity contribution in [3.05, 3.63) is 82.9 Å². The lowest BCUT2D eigenvalue weighted by Crippen LogP contribution is -2.22. The third-order valence-electron chi connectivity index (χ3n) is 7.18. The predicted octanol–water partition coefficient (Wildman–Crippen LogP) is 6.02. The molecule has 1 aliphatic carbocycles. The SMILES string of the molecule is Cc1ccccc1Nc1ccc(NC(=O)c2ccc(NCCCN3CCCC3)cc2)c2c1CCC2=O. The Bertz CT molecular complexity index is 1250. The van der Waals surface area contributed by atoms with Crippen molar-refractivity contribution in [2.75, 3.05) is 42.1 Å². The van der Waals surface area contributed by atoms with E-state index in [1.807, 2.05) is 54.6 Å². The number of amides is 1. The summed E-state index contributed by atoms with van der Waals surface area (Å²) in [7, 11) is 0. The van der Waals surface area contributed by atoms with Gasteiger partial charge in [0.05, 0.1) is 5.69 Å². The van der Waals surface area contributed by atoms with Crippen molar-refractivity contribution in [3.63, 3.8) is 0 Å². The van der Waals surface area contributed by atoms with E-state index in [9.17, 15) is 9.59 Å². The highest BCUT2D eigenvalue weighted by Gasteiger charge is 2.27. The number of anilines is 4. The van der Waals surface area contributed by atoms with E-state index >= 15 is 0 Å². The molecule has 36 heavy (non-hydrogen) atoms. The topological polar surface area (TPSA) is 73.5 Å². The van der Waals surface area contributed by atoms with Gasteiger partial charge in [0.1, 0.15) is 0 Å². The standard InChI is InChI=1S/C30H34N4O2/c1-21-7-2-3-8-25(21)32-26-14-15-27(29-24(26)13-16-28(29)35)33-30(36)22-9-11-23(12-10-22)31-17-6-20-34-18-4-5-19-34/h2-3,7-12,14-15,31-32H,4-6,13,16-20H2,1H3,(H,33,36). The van der Waals surface area contributed by atoms with Crippen LogP contribution in [0, 0.1) is 6.92 Å². The lowest BCUT2D eigenvalue weighted by atomic mass is 10.0. The zero-order valence-electron chi connectivity index (χ0n) is 20.9. The molecule has 0 unspecified atom stereocenters. The summed E-state index contributed by atoms with van der Waals surface area (Å²) in [5, 5.41) is 9.90. The van der Waals surface area contributed by atoms with Gasteiger partial charge in [0.2, 0.25) is 0 Å². The number of carbonyl (C=O) groups is 2. The van der Waals surface area contributed by atoms with E-state index in [1.165, 1.54) is 25.9 Å². The van der Waals surface area contributed by atoms with Gasteiger partial charge >= 0.3 is 0 Å². The van der Waals surface area contributed by atoms with Crippen molar-refractivity contribution in [2.45, 2.75) is 39.0 Å². The summed E-state index contributed by atoms with van der Waals surface area (Å²) >= 11 is 0. The number of para-hydroxylation sites is 1. The number of hydrogen-bond donors (Lipinski definition) is 3. The van der Waals surface area contributed by atoms with Crippen LogP contribution in [0.15, 0.2) is 60.7 Å². The molecule has 0 bridgehead atoms. The number of carbonyl (C=O) groups excluding carboxylic acids is 2. The van der Waals surface area contributed by atoms with Gasteiger partial charge in [-0.05, 0) is 106 Å². The van der Waals surface area contributed by atoms with Crippen LogP contribution in [0.3, 0.4) is 0 Å². The van der Waals surface area contributed by atoms with Crippen LogP contribution < -0.4 is 16.0 Å². The zero-order valence-corrected chi connectivity index (χ0v) is 20.9. The molecular formula is C30H34N4O2. The molecule has 3 N–H and O–H groups in total. The van der Waals surface area contributed by atoms with Crippen LogP contribution in [-0.2, 0) is 6.42 Å². The van der Waals surface area contributed by atoms with Gasteiger partial charge in [0.15, 0.2) is 5.78 Å². The number of fused-ring (bicyclic) bond motifs is 1. The lowest BCUT2D eigenvalue weighted by molar-refractivity contribution is 0.0995. The second-order valence-corrected chi connectivity index (χ2v) is 9.74. The minimum atomic E-state index is -0.211. The minimum Gasteiger partial charge on any atom is -0.385 e. The highest BCUT2D eigenvalue weighted by molar-refractivity contribution is 6.12. The molecule has 1 fully saturated rings. The average molecular weight is 483 g/mol. The minimum absolute atomic E-state index is 0.0715. The summed E-state index contributed by atoms with van der Waals surface area (Å²) < 4.78 is 0. The largest absolute Gasteiger partial charge is 0.385 e. The molecule has 0 spiro atoms. The van der Waals surface area contributed by atoms with Gasteiger partial charge in [-0.25, -0.2) is 0 Å². The van der Waals surface area contributed by atoms with Gasteiger partial charge in [0, 0.05) is 41.2 Å². The molecule has 6 nitrogen and oxygen atoms in total. The van der Waals surface area contributed by atoms with E-state index in [-0.39, 0.29) is 11.7 Å². The molecule has 1 heterocycles. The van der Waals surface area contributed by atoms with Crippen LogP contribution in [0.2, 0.25) is 0 Å². The monoisotopic (exact) mass is 482 g/mol. The quantitative estimate of drug-likeness (QED) is 0.325. The molecule has 0 aromatic heterocycles. The summed E-state index contributed by atoms with van der Waals surface area (Å²) in [5.74, 6) is -0.140. The Hall–Kier alpha value is -3.64. The van der Waals surface area contributed by atoms with Gasteiger partial charge < -0.3 is 20.9 Å². The molecule has 1 aliphatic heterocycles. The third kappa shape index (κ3) is 5.44. The van der Waals surface area contributed by atoms with Crippen LogP contribution >= 0.6 is 0 Å². The molecule has 1 saturated heterocycles. The van der Waals surface area contributed by atoms with Crippen molar-refractivity contribution < 1.29 is 9.59 Å². The predicted molar refractivity (Wildman–Crippen MR) is 147 cm³/mol. The number of likely N-dealkylation sites (tertiary alicyclic amines) is 1. The Morgan fingerprint density at radius 3 is 2.42 bits per heavy atom. The fourth-order valence-electron chi connectivity index (χ4n) is 5.14. The number of hydrogen-bond acceptors (Lipinski definition) is 5. The number of rotatable bonds is 9. The van der Waals surface area contributed by atoms with Crippen LogP contribution in [0.4, 0.5) is 22.7 Å². The van der Waals surface area contributed by atoms with Crippen LogP contribution in [-0.4, -0.2) is 42.8 Å². The van der Waals surface area contributed by atoms with Crippen molar-refractivity contribution in [2.24, 2.45) is 0 Å². The van der Waals surface area contributed by atoms with E-state index in [0.717, 1.165) is 47.7 Å². The molecule has 6 heteroatoms. The van der Waals surface area contributed by atoms with Gasteiger partial charge in [-0.2, -0.15) is 0 Å². The van der Waals surface area contributed by atoms with Crippen LogP contribution in [0.1, 0.15) is 57.5 Å². The van der Waals surface area contributed by atoms with E-state index in [1.54, 1.807) is 0 Å². The first-order chi connectivity index (χ1) is 17.6. The number of ketones is 1. The summed E-state index contributed by atoms with van der Waals surface area (Å²) in [4.78, 5) is 28.3. The van der Waals surface area contributed by atoms with E-state index < -0.39 is 0 Å². The van der Waals surface area contributed by atoms with Crippen LogP contribution in [0.5, 0.6) is 0 Å². The van der Waals surface area contributed by atoms with Crippen molar-refractivity contribution in [1.29, 1.82) is 0 Å². The molecule has 0 atom stereocenters. The number of nitrogens with zero attached hydrogens (tertiary/aromatic N) is 1. The zero-order chi connectivity index (χ0) is 24.9. The average Bonchev–Trinajstić information content (AvgIpc) is 3.55. The van der Waals surface area contributed by atoms with Crippen molar-refractivity contribution >= 4 is 34.4 Å². The normalized spacial score (nSPS) is 15.1. The molecule has 3 aromatic carbocycles. The first-order valence-corrected chi connectivity index (χ1v) is 13.0. The van der Waals surface area contributed by atoms with E-state index in [0.29, 0.717) is 29.7 Å². The van der Waals surface area contributed by atoms with Crippen LogP contribution in [0.25, 0.3) is 0 Å². The summed E-state index contributed by atoms with van der Waals surface area (Å²) in [6.07, 6.45) is 4.88. The molecule has 5 rings (SSSR count). The molecule has 2 aliphatic rings. The highest BCUT2D eigenvalue weighted by Crippen LogP contribution is 2.36. The summed E-state index contributed by atoms with van der Waals surface area (Å²) in [6.45, 7) is 6.56. The highest BCUT2D eigenvalue weighted by atomic mass is 16.2. The maximum Gasteiger partial charge on any atom is 0.255 e. The number of aryl methyl sites for hydroxylation is 1. The van der Waals surface area contributed by atoms with E-state index in [2.05, 4.69) is 33.8 Å². The Morgan fingerprint density at radius 2 is 1.64 bits per heavy atom. The first-order valence-electron chi connectivity index (χ1n) is 13.0. The molecule has 0 radical (unpaired) electrons. The fraction of sp³-hybridized carbons (Fsp3) is 0.333. The summed E-state index contributed by atoms with van der Waals surface area (Å²) in [5.41, 5.74) is 6.82. The Kier molecular flexibility index (Phi) is 7.33. The molecule has 1 amide bonds. The number of Topliss-reactive ketones (excluding diaryl/α,β-unsaturated/α-hetero) is 1. The van der Waals surface area contributed by atoms with E-state index in [4.69, 9.17) is 0 Å². The Morgan fingerprint density at radius 1 is 0.889 bits per heavy atom. The molecule has 186 valence electrons.